The molecule has 10 nitrogen and oxygen atoms in total. The maximum absolute atomic E-state index is 14.0. The number of ether oxygens (including phenoxy) is 1. The van der Waals surface area contributed by atoms with E-state index < -0.39 is 47.2 Å². The molecule has 4 aliphatic rings. The van der Waals surface area contributed by atoms with Crippen LogP contribution in [0.3, 0.4) is 0 Å². The lowest BCUT2D eigenvalue weighted by Crippen LogP contribution is -2.39. The van der Waals surface area contributed by atoms with Crippen molar-refractivity contribution in [2.75, 3.05) is 11.5 Å². The van der Waals surface area contributed by atoms with E-state index in [9.17, 15) is 39.3 Å². The minimum absolute atomic E-state index is 0.0421. The summed E-state index contributed by atoms with van der Waals surface area (Å²) in [7, 11) is 0. The number of phenols is 2. The number of allylic oxidation sites excluding steroid dienone is 6. The zero-order valence-corrected chi connectivity index (χ0v) is 22.8. The van der Waals surface area contributed by atoms with Crippen molar-refractivity contribution >= 4 is 35.0 Å². The standard InChI is InChI=1S/C32H27NO9/c1-3-42-24-6-4-5-18(29(24)37)25-16-9-10-19-26(20(16)13-21-27(25)23(35)11-14(2)28(21)36)31(39)33(30(19)38)15-7-8-17(32(40)41)22(34)12-15/h4-9,11-12,19-20,25-26,34,37H,3,10,13H2,1-2H3,(H,40,41)/t19-,20+,25+,26-/m0/s1. The fraction of sp³-hybridized carbons (Fsp3) is 0.281. The van der Waals surface area contributed by atoms with Gasteiger partial charge in [-0.2, -0.15) is 0 Å². The van der Waals surface area contributed by atoms with Gasteiger partial charge in [0.1, 0.15) is 11.3 Å². The van der Waals surface area contributed by atoms with Crippen LogP contribution in [0.1, 0.15) is 48.5 Å². The summed E-state index contributed by atoms with van der Waals surface area (Å²) in [6.45, 7) is 3.62. The van der Waals surface area contributed by atoms with Gasteiger partial charge in [0, 0.05) is 34.3 Å². The number of carbonyl (C=O) groups is 5. The molecule has 2 aromatic carbocycles. The lowest BCUT2D eigenvalue weighted by Gasteiger charge is -2.42. The lowest BCUT2D eigenvalue weighted by molar-refractivity contribution is -0.123. The molecule has 0 saturated carbocycles. The van der Waals surface area contributed by atoms with Crippen LogP contribution >= 0.6 is 0 Å². The number of aromatic carboxylic acids is 1. The number of para-hydroxylation sites is 1. The first-order valence-electron chi connectivity index (χ1n) is 13.6. The summed E-state index contributed by atoms with van der Waals surface area (Å²) in [5, 5.41) is 30.7. The van der Waals surface area contributed by atoms with Crippen molar-refractivity contribution in [3.8, 4) is 17.2 Å². The molecule has 214 valence electrons. The highest BCUT2D eigenvalue weighted by Crippen LogP contribution is 2.57. The summed E-state index contributed by atoms with van der Waals surface area (Å²) < 4.78 is 5.59. The van der Waals surface area contributed by atoms with E-state index in [4.69, 9.17) is 4.74 Å². The molecule has 2 amide bonds. The van der Waals surface area contributed by atoms with Crippen LogP contribution in [0.5, 0.6) is 17.2 Å². The molecule has 2 aromatic rings. The molecule has 1 saturated heterocycles. The minimum atomic E-state index is -1.36. The van der Waals surface area contributed by atoms with Gasteiger partial charge in [-0.3, -0.25) is 19.2 Å². The summed E-state index contributed by atoms with van der Waals surface area (Å²) in [6, 6.07) is 8.44. The Labute approximate surface area is 240 Å². The van der Waals surface area contributed by atoms with Crippen LogP contribution in [0.2, 0.25) is 0 Å². The van der Waals surface area contributed by atoms with Crippen LogP contribution in [0.25, 0.3) is 0 Å². The second kappa shape index (κ2) is 9.83. The number of carboxylic acid groups (broad SMARTS) is 1. The van der Waals surface area contributed by atoms with Crippen molar-refractivity contribution < 1.29 is 44.0 Å². The number of ketones is 2. The molecule has 3 N–H and O–H groups in total. The molecule has 1 fully saturated rings. The number of aromatic hydroxyl groups is 2. The SMILES string of the molecule is CCOc1cccc([C@H]2C3=CC[C@@H]4C(=O)N(c5ccc(C(=O)O)c(O)c5)C(=O)[C@@H]4[C@@H]3CC3=C2C(=O)C=C(C)C3=O)c1O. The van der Waals surface area contributed by atoms with Crippen LogP contribution in [-0.4, -0.2) is 51.3 Å². The smallest absolute Gasteiger partial charge is 0.339 e. The number of phenolic OH excluding ortho intramolecular Hbond substituents is 1. The van der Waals surface area contributed by atoms with Crippen LogP contribution in [0.15, 0.2) is 70.8 Å². The number of carboxylic acids is 1. The second-order valence-corrected chi connectivity index (χ2v) is 10.9. The molecule has 3 aliphatic carbocycles. The van der Waals surface area contributed by atoms with Gasteiger partial charge in [0.05, 0.1) is 24.1 Å². The van der Waals surface area contributed by atoms with Crippen molar-refractivity contribution in [3.05, 3.63) is 82.0 Å². The monoisotopic (exact) mass is 569 g/mol. The summed E-state index contributed by atoms with van der Waals surface area (Å²) in [4.78, 5) is 66.8. The van der Waals surface area contributed by atoms with E-state index in [-0.39, 0.29) is 63.9 Å². The van der Waals surface area contributed by atoms with Crippen molar-refractivity contribution in [1.82, 2.24) is 0 Å². The molecular weight excluding hydrogens is 542 g/mol. The number of imide groups is 1. The average molecular weight is 570 g/mol. The normalized spacial score (nSPS) is 25.0. The van der Waals surface area contributed by atoms with Gasteiger partial charge >= 0.3 is 5.97 Å². The van der Waals surface area contributed by atoms with Crippen molar-refractivity contribution in [3.63, 3.8) is 0 Å². The second-order valence-electron chi connectivity index (χ2n) is 10.9. The Morgan fingerprint density at radius 1 is 1.05 bits per heavy atom. The first kappa shape index (κ1) is 27.2. The number of Topliss-reactive ketones (excluding diaryl/α,β-unsaturated/α-hetero) is 1. The van der Waals surface area contributed by atoms with Gasteiger partial charge in [-0.1, -0.05) is 23.8 Å². The Morgan fingerprint density at radius 2 is 1.81 bits per heavy atom. The number of carbonyl (C=O) groups excluding carboxylic acids is 4. The van der Waals surface area contributed by atoms with Crippen LogP contribution < -0.4 is 9.64 Å². The Hall–Kier alpha value is -4.99. The van der Waals surface area contributed by atoms with E-state index in [0.29, 0.717) is 17.7 Å². The largest absolute Gasteiger partial charge is 0.507 e. The Bertz CT molecular complexity index is 1710. The highest BCUT2D eigenvalue weighted by Gasteiger charge is 2.57. The maximum Gasteiger partial charge on any atom is 0.339 e. The Morgan fingerprint density at radius 3 is 2.50 bits per heavy atom. The number of rotatable bonds is 5. The number of hydrogen-bond acceptors (Lipinski definition) is 8. The summed E-state index contributed by atoms with van der Waals surface area (Å²) in [5.74, 6) is -6.69. The average Bonchev–Trinajstić information content (AvgIpc) is 3.21. The molecule has 4 atom stereocenters. The highest BCUT2D eigenvalue weighted by atomic mass is 16.5. The number of nitrogens with zero attached hydrogens (tertiary/aromatic N) is 1. The Balaban J connectivity index is 1.47. The van der Waals surface area contributed by atoms with E-state index in [0.717, 1.165) is 17.0 Å². The molecule has 1 heterocycles. The first-order chi connectivity index (χ1) is 20.0. The summed E-state index contributed by atoms with van der Waals surface area (Å²) in [5.41, 5.74) is 1.48. The third-order valence-corrected chi connectivity index (χ3v) is 8.67. The van der Waals surface area contributed by atoms with E-state index in [1.165, 1.54) is 12.1 Å². The van der Waals surface area contributed by atoms with E-state index >= 15 is 0 Å². The van der Waals surface area contributed by atoms with Gasteiger partial charge in [0.15, 0.2) is 23.1 Å². The molecule has 6 rings (SSSR count). The molecule has 10 heteroatoms. The zero-order valence-electron chi connectivity index (χ0n) is 22.8. The molecule has 0 radical (unpaired) electrons. The van der Waals surface area contributed by atoms with E-state index in [2.05, 4.69) is 0 Å². The number of anilines is 1. The van der Waals surface area contributed by atoms with Gasteiger partial charge < -0.3 is 20.1 Å². The predicted octanol–water partition coefficient (Wildman–Crippen LogP) is 3.83. The molecule has 1 aliphatic heterocycles. The highest BCUT2D eigenvalue weighted by molar-refractivity contribution is 6.25. The molecule has 0 bridgehead atoms. The number of hydrogen-bond donors (Lipinski definition) is 3. The topological polar surface area (TPSA) is 159 Å². The molecule has 42 heavy (non-hydrogen) atoms. The Kier molecular flexibility index (Phi) is 6.36. The number of fused-ring (bicyclic) bond motifs is 3. The molecule has 0 aromatic heterocycles. The van der Waals surface area contributed by atoms with Crippen LogP contribution in [0.4, 0.5) is 5.69 Å². The van der Waals surface area contributed by atoms with Crippen molar-refractivity contribution in [2.24, 2.45) is 17.8 Å². The van der Waals surface area contributed by atoms with Crippen molar-refractivity contribution in [2.45, 2.75) is 32.6 Å². The minimum Gasteiger partial charge on any atom is -0.507 e. The number of benzene rings is 2. The molecule has 0 spiro atoms. The summed E-state index contributed by atoms with van der Waals surface area (Å²) >= 11 is 0. The molecular formula is C32H27NO9. The first-order valence-corrected chi connectivity index (χ1v) is 13.6. The van der Waals surface area contributed by atoms with Gasteiger partial charge in [-0.25, -0.2) is 9.69 Å². The fourth-order valence-corrected chi connectivity index (χ4v) is 6.88. The molecule has 0 unspecified atom stereocenters. The van der Waals surface area contributed by atoms with Gasteiger partial charge in [-0.05, 0) is 56.9 Å². The maximum atomic E-state index is 14.0. The predicted molar refractivity (Wildman–Crippen MR) is 148 cm³/mol. The third kappa shape index (κ3) is 3.89. The van der Waals surface area contributed by atoms with Gasteiger partial charge in [0.2, 0.25) is 11.8 Å². The fourth-order valence-electron chi connectivity index (χ4n) is 6.88. The van der Waals surface area contributed by atoms with Crippen LogP contribution in [0, 0.1) is 17.8 Å². The van der Waals surface area contributed by atoms with E-state index in [1.54, 1.807) is 32.0 Å². The van der Waals surface area contributed by atoms with Gasteiger partial charge in [0.25, 0.3) is 0 Å². The third-order valence-electron chi connectivity index (χ3n) is 8.67. The zero-order chi connectivity index (χ0) is 30.0. The van der Waals surface area contributed by atoms with Gasteiger partial charge in [-0.15, -0.1) is 0 Å². The summed E-state index contributed by atoms with van der Waals surface area (Å²) in [6.07, 6.45) is 3.37. The quantitative estimate of drug-likeness (QED) is 0.276. The van der Waals surface area contributed by atoms with Crippen LogP contribution in [-0.2, 0) is 19.2 Å². The number of amides is 2. The lowest BCUT2D eigenvalue weighted by atomic mass is 9.59. The van der Waals surface area contributed by atoms with Crippen molar-refractivity contribution in [1.29, 1.82) is 0 Å². The van der Waals surface area contributed by atoms with E-state index in [1.807, 2.05) is 6.08 Å².